The van der Waals surface area contributed by atoms with Gasteiger partial charge in [0, 0.05) is 17.3 Å². The summed E-state index contributed by atoms with van der Waals surface area (Å²) in [4.78, 5) is 2.28. The number of rotatable bonds is 2. The summed E-state index contributed by atoms with van der Waals surface area (Å²) >= 11 is 5.87. The van der Waals surface area contributed by atoms with Crippen molar-refractivity contribution in [1.29, 1.82) is 5.26 Å². The first-order valence-electron chi connectivity index (χ1n) is 6.27. The van der Waals surface area contributed by atoms with Gasteiger partial charge in [-0.3, -0.25) is 0 Å². The molecule has 0 amide bonds. The van der Waals surface area contributed by atoms with Crippen LogP contribution in [0.4, 0.5) is 5.69 Å². The minimum Gasteiger partial charge on any atom is -0.367 e. The zero-order valence-electron chi connectivity index (χ0n) is 10.6. The molecule has 0 bridgehead atoms. The monoisotopic (exact) mass is 263 g/mol. The SMILES string of the molecule is CN1CCCC(C#N)(Nc2ccc(Cl)cc2)CC1. The van der Waals surface area contributed by atoms with Gasteiger partial charge in [-0.1, -0.05) is 11.6 Å². The molecule has 1 fully saturated rings. The highest BCUT2D eigenvalue weighted by molar-refractivity contribution is 6.30. The predicted molar refractivity (Wildman–Crippen MR) is 74.8 cm³/mol. The van der Waals surface area contributed by atoms with E-state index in [1.54, 1.807) is 0 Å². The first kappa shape index (κ1) is 13.2. The summed E-state index contributed by atoms with van der Waals surface area (Å²) < 4.78 is 0. The number of halogens is 1. The molecule has 1 aromatic rings. The van der Waals surface area contributed by atoms with Crippen LogP contribution in [0.3, 0.4) is 0 Å². The van der Waals surface area contributed by atoms with E-state index in [1.807, 2.05) is 24.3 Å². The fourth-order valence-corrected chi connectivity index (χ4v) is 2.47. The number of nitriles is 1. The Bertz CT molecular complexity index is 437. The third-order valence-corrected chi connectivity index (χ3v) is 3.76. The van der Waals surface area contributed by atoms with Gasteiger partial charge in [0.2, 0.25) is 0 Å². The number of benzene rings is 1. The molecule has 1 N–H and O–H groups in total. The number of likely N-dealkylation sites (tertiary alicyclic amines) is 1. The molecule has 18 heavy (non-hydrogen) atoms. The average Bonchev–Trinajstić information content (AvgIpc) is 2.56. The van der Waals surface area contributed by atoms with Crippen molar-refractivity contribution in [1.82, 2.24) is 4.90 Å². The fourth-order valence-electron chi connectivity index (χ4n) is 2.34. The normalized spacial score (nSPS) is 25.2. The van der Waals surface area contributed by atoms with Crippen molar-refractivity contribution >= 4 is 17.3 Å². The van der Waals surface area contributed by atoms with E-state index in [1.165, 1.54) is 0 Å². The van der Waals surface area contributed by atoms with Crippen molar-refractivity contribution in [2.45, 2.75) is 24.8 Å². The van der Waals surface area contributed by atoms with Gasteiger partial charge in [0.05, 0.1) is 6.07 Å². The smallest absolute Gasteiger partial charge is 0.126 e. The van der Waals surface area contributed by atoms with Crippen molar-refractivity contribution in [2.24, 2.45) is 0 Å². The Morgan fingerprint density at radius 3 is 2.67 bits per heavy atom. The van der Waals surface area contributed by atoms with E-state index in [4.69, 9.17) is 11.6 Å². The molecule has 2 rings (SSSR count). The summed E-state index contributed by atoms with van der Waals surface area (Å²) in [5.41, 5.74) is 0.518. The molecule has 3 nitrogen and oxygen atoms in total. The van der Waals surface area contributed by atoms with Crippen molar-refractivity contribution in [3.63, 3.8) is 0 Å². The van der Waals surface area contributed by atoms with Crippen LogP contribution < -0.4 is 5.32 Å². The van der Waals surface area contributed by atoms with Crippen molar-refractivity contribution in [3.05, 3.63) is 29.3 Å². The van der Waals surface area contributed by atoms with Crippen LogP contribution in [0, 0.1) is 11.3 Å². The Balaban J connectivity index is 2.13. The molecule has 0 spiro atoms. The van der Waals surface area contributed by atoms with Crippen molar-refractivity contribution in [3.8, 4) is 6.07 Å². The summed E-state index contributed by atoms with van der Waals surface area (Å²) in [7, 11) is 2.11. The van der Waals surface area contributed by atoms with Gasteiger partial charge in [-0.25, -0.2) is 0 Å². The second kappa shape index (κ2) is 5.60. The molecule has 96 valence electrons. The summed E-state index contributed by atoms with van der Waals surface area (Å²) in [5.74, 6) is 0. The lowest BCUT2D eigenvalue weighted by atomic mass is 9.92. The third-order valence-electron chi connectivity index (χ3n) is 3.51. The lowest BCUT2D eigenvalue weighted by Crippen LogP contribution is -2.37. The number of nitrogens with zero attached hydrogens (tertiary/aromatic N) is 2. The highest BCUT2D eigenvalue weighted by atomic mass is 35.5. The minimum atomic E-state index is -0.446. The van der Waals surface area contributed by atoms with Gasteiger partial charge in [-0.15, -0.1) is 0 Å². The Kier molecular flexibility index (Phi) is 4.11. The van der Waals surface area contributed by atoms with E-state index in [9.17, 15) is 5.26 Å². The van der Waals surface area contributed by atoms with Crippen LogP contribution in [0.25, 0.3) is 0 Å². The largest absolute Gasteiger partial charge is 0.367 e. The van der Waals surface area contributed by atoms with Crippen molar-refractivity contribution in [2.75, 3.05) is 25.5 Å². The van der Waals surface area contributed by atoms with Gasteiger partial charge >= 0.3 is 0 Å². The molecule has 0 radical (unpaired) electrons. The highest BCUT2D eigenvalue weighted by Crippen LogP contribution is 2.27. The average molecular weight is 264 g/mol. The van der Waals surface area contributed by atoms with E-state index >= 15 is 0 Å². The summed E-state index contributed by atoms with van der Waals surface area (Å²) in [6.07, 6.45) is 2.78. The van der Waals surface area contributed by atoms with E-state index in [2.05, 4.69) is 23.3 Å². The van der Waals surface area contributed by atoms with Gasteiger partial charge in [-0.2, -0.15) is 5.26 Å². The highest BCUT2D eigenvalue weighted by Gasteiger charge is 2.31. The third kappa shape index (κ3) is 3.16. The molecule has 1 heterocycles. The van der Waals surface area contributed by atoms with Crippen LogP contribution in [0.1, 0.15) is 19.3 Å². The number of anilines is 1. The molecular weight excluding hydrogens is 246 g/mol. The topological polar surface area (TPSA) is 39.1 Å². The summed E-state index contributed by atoms with van der Waals surface area (Å²) in [6.45, 7) is 2.01. The maximum absolute atomic E-state index is 9.51. The molecular formula is C14H18ClN3. The van der Waals surface area contributed by atoms with E-state index in [-0.39, 0.29) is 0 Å². The first-order valence-corrected chi connectivity index (χ1v) is 6.65. The van der Waals surface area contributed by atoms with Crippen LogP contribution >= 0.6 is 11.6 Å². The molecule has 0 saturated carbocycles. The minimum absolute atomic E-state index is 0.446. The van der Waals surface area contributed by atoms with Gasteiger partial charge in [0.1, 0.15) is 5.54 Å². The Morgan fingerprint density at radius 1 is 1.28 bits per heavy atom. The van der Waals surface area contributed by atoms with Gasteiger partial charge < -0.3 is 10.2 Å². The Labute approximate surface area is 113 Å². The van der Waals surface area contributed by atoms with Gasteiger partial charge in [0.25, 0.3) is 0 Å². The predicted octanol–water partition coefficient (Wildman–Crippen LogP) is 3.13. The molecule has 1 aliphatic heterocycles. The first-order chi connectivity index (χ1) is 8.63. The molecule has 1 saturated heterocycles. The molecule has 0 aromatic heterocycles. The molecule has 1 unspecified atom stereocenters. The summed E-state index contributed by atoms with van der Waals surface area (Å²) in [5, 5.41) is 13.6. The zero-order chi connectivity index (χ0) is 13.0. The van der Waals surface area contributed by atoms with Crippen LogP contribution in [-0.2, 0) is 0 Å². The second-order valence-corrected chi connectivity index (χ2v) is 5.42. The van der Waals surface area contributed by atoms with Crippen LogP contribution in [-0.4, -0.2) is 30.6 Å². The van der Waals surface area contributed by atoms with Crippen LogP contribution in [0.5, 0.6) is 0 Å². The Hall–Kier alpha value is -1.24. The fraction of sp³-hybridized carbons (Fsp3) is 0.500. The van der Waals surface area contributed by atoms with E-state index < -0.39 is 5.54 Å². The standard InChI is InChI=1S/C14H18ClN3/c1-18-9-2-7-14(11-16,8-10-18)17-13-5-3-12(15)4-6-13/h3-6,17H,2,7-10H2,1H3. The lowest BCUT2D eigenvalue weighted by molar-refractivity contribution is 0.345. The number of nitrogens with one attached hydrogen (secondary N) is 1. The maximum atomic E-state index is 9.51. The maximum Gasteiger partial charge on any atom is 0.126 e. The molecule has 1 aliphatic rings. The second-order valence-electron chi connectivity index (χ2n) is 4.98. The number of hydrogen-bond donors (Lipinski definition) is 1. The molecule has 1 aromatic carbocycles. The van der Waals surface area contributed by atoms with Crippen molar-refractivity contribution < 1.29 is 0 Å². The zero-order valence-corrected chi connectivity index (χ0v) is 11.4. The van der Waals surface area contributed by atoms with Gasteiger partial charge in [-0.05, 0) is 57.1 Å². The summed E-state index contributed by atoms with van der Waals surface area (Å²) in [6, 6.07) is 10.0. The number of hydrogen-bond acceptors (Lipinski definition) is 3. The lowest BCUT2D eigenvalue weighted by Gasteiger charge is -2.27. The van der Waals surface area contributed by atoms with Gasteiger partial charge in [0.15, 0.2) is 0 Å². The van der Waals surface area contributed by atoms with E-state index in [0.717, 1.165) is 38.0 Å². The van der Waals surface area contributed by atoms with Crippen LogP contribution in [0.2, 0.25) is 5.02 Å². The molecule has 0 aliphatic carbocycles. The molecule has 4 heteroatoms. The quantitative estimate of drug-likeness (QED) is 0.891. The van der Waals surface area contributed by atoms with Crippen LogP contribution in [0.15, 0.2) is 24.3 Å². The molecule has 1 atom stereocenters. The van der Waals surface area contributed by atoms with E-state index in [0.29, 0.717) is 5.02 Å². The Morgan fingerprint density at radius 2 is 2.00 bits per heavy atom.